The molecule has 0 amide bonds. The van der Waals surface area contributed by atoms with Gasteiger partial charge < -0.3 is 5.73 Å². The third-order valence-electron chi connectivity index (χ3n) is 1.61. The lowest BCUT2D eigenvalue weighted by atomic mass is 10.2. The predicted octanol–water partition coefficient (Wildman–Crippen LogP) is 1.20. The van der Waals surface area contributed by atoms with E-state index < -0.39 is 23.3 Å². The molecule has 0 aromatic heterocycles. The van der Waals surface area contributed by atoms with Crippen molar-refractivity contribution in [2.75, 3.05) is 0 Å². The zero-order valence-electron chi connectivity index (χ0n) is 7.38. The molecule has 1 aromatic rings. The molecule has 0 fully saturated rings. The maximum absolute atomic E-state index is 13.2. The smallest absolute Gasteiger partial charge is 0.218 e. The Kier molecular flexibility index (Phi) is 2.98. The average Bonchev–Trinajstić information content (AvgIpc) is 2.18. The summed E-state index contributed by atoms with van der Waals surface area (Å²) in [5, 5.41) is 8.30. The Hall–Kier alpha value is -1.69. The van der Waals surface area contributed by atoms with Crippen LogP contribution >= 0.6 is 0 Å². The van der Waals surface area contributed by atoms with Gasteiger partial charge in [0.25, 0.3) is 0 Å². The monoisotopic (exact) mass is 201 g/mol. The van der Waals surface area contributed by atoms with Gasteiger partial charge in [-0.05, 0) is 18.6 Å². The van der Waals surface area contributed by atoms with Crippen LogP contribution in [0.1, 0.15) is 5.56 Å². The van der Waals surface area contributed by atoms with Crippen molar-refractivity contribution in [1.82, 2.24) is 5.48 Å². The van der Waals surface area contributed by atoms with E-state index >= 15 is 0 Å². The van der Waals surface area contributed by atoms with Crippen molar-refractivity contribution in [2.24, 2.45) is 10.7 Å². The Labute approximate surface area is 79.0 Å². The molecule has 0 atom stereocenters. The highest BCUT2D eigenvalue weighted by Gasteiger charge is 2.10. The molecule has 0 aliphatic carbocycles. The van der Waals surface area contributed by atoms with Crippen LogP contribution < -0.4 is 11.2 Å². The molecule has 4 N–H and O–H groups in total. The Balaban J connectivity index is 3.26. The molecule has 0 radical (unpaired) electrons. The van der Waals surface area contributed by atoms with Gasteiger partial charge >= 0.3 is 0 Å². The zero-order valence-corrected chi connectivity index (χ0v) is 7.38. The van der Waals surface area contributed by atoms with Gasteiger partial charge in [-0.15, -0.1) is 0 Å². The van der Waals surface area contributed by atoms with Crippen molar-refractivity contribution in [1.29, 1.82) is 0 Å². The summed E-state index contributed by atoms with van der Waals surface area (Å²) in [6.07, 6.45) is 0. The number of hydrogen-bond donors (Lipinski definition) is 3. The quantitative estimate of drug-likeness (QED) is 0.363. The predicted molar refractivity (Wildman–Crippen MR) is 47.3 cm³/mol. The van der Waals surface area contributed by atoms with Crippen LogP contribution in [0.15, 0.2) is 17.1 Å². The topological polar surface area (TPSA) is 70.6 Å². The molecule has 1 rings (SSSR count). The highest BCUT2D eigenvalue weighted by molar-refractivity contribution is 5.79. The number of aliphatic imine (C=N–C) groups is 1. The molecule has 0 aliphatic rings. The Morgan fingerprint density at radius 3 is 2.71 bits per heavy atom. The van der Waals surface area contributed by atoms with E-state index in [1.54, 1.807) is 0 Å². The zero-order chi connectivity index (χ0) is 10.7. The molecule has 76 valence electrons. The van der Waals surface area contributed by atoms with Gasteiger partial charge in [0, 0.05) is 0 Å². The molecular weight excluding hydrogens is 192 g/mol. The lowest BCUT2D eigenvalue weighted by Gasteiger charge is -2.03. The first-order valence-electron chi connectivity index (χ1n) is 3.75. The van der Waals surface area contributed by atoms with Crippen LogP contribution in [0.25, 0.3) is 0 Å². The number of rotatable bonds is 1. The third-order valence-corrected chi connectivity index (χ3v) is 1.61. The first kappa shape index (κ1) is 10.4. The summed E-state index contributed by atoms with van der Waals surface area (Å²) in [6, 6.07) is 2.36. The molecular formula is C8H9F2N3O. The number of nitrogens with one attached hydrogen (secondary N) is 1. The van der Waals surface area contributed by atoms with Crippen molar-refractivity contribution >= 4 is 11.6 Å². The molecule has 0 spiro atoms. The first-order valence-corrected chi connectivity index (χ1v) is 3.75. The van der Waals surface area contributed by atoms with E-state index in [4.69, 9.17) is 10.9 Å². The lowest BCUT2D eigenvalue weighted by Crippen LogP contribution is -2.27. The normalized spacial score (nSPS) is 11.6. The number of aryl methyl sites for hydroxylation is 1. The number of halogens is 2. The SMILES string of the molecule is Cc1ccc(F)c(N=C(N)NO)c1F. The minimum absolute atomic E-state index is 0.246. The minimum atomic E-state index is -0.841. The minimum Gasteiger partial charge on any atom is -0.368 e. The second-order valence-corrected chi connectivity index (χ2v) is 2.64. The summed E-state index contributed by atoms with van der Waals surface area (Å²) in [5.74, 6) is -2.12. The largest absolute Gasteiger partial charge is 0.368 e. The molecule has 4 nitrogen and oxygen atoms in total. The lowest BCUT2D eigenvalue weighted by molar-refractivity contribution is 0.233. The van der Waals surface area contributed by atoms with E-state index in [2.05, 4.69) is 4.99 Å². The Morgan fingerprint density at radius 1 is 1.50 bits per heavy atom. The van der Waals surface area contributed by atoms with E-state index in [1.807, 2.05) is 0 Å². The fourth-order valence-corrected chi connectivity index (χ4v) is 0.890. The van der Waals surface area contributed by atoms with Crippen molar-refractivity contribution in [3.05, 3.63) is 29.3 Å². The molecule has 6 heteroatoms. The number of guanidine groups is 1. The fourth-order valence-electron chi connectivity index (χ4n) is 0.890. The van der Waals surface area contributed by atoms with E-state index in [0.29, 0.717) is 0 Å². The molecule has 0 unspecified atom stereocenters. The van der Waals surface area contributed by atoms with Gasteiger partial charge in [-0.2, -0.15) is 0 Å². The first-order chi connectivity index (χ1) is 6.56. The molecule has 1 aromatic carbocycles. The van der Waals surface area contributed by atoms with Gasteiger partial charge in [-0.3, -0.25) is 5.21 Å². The Bertz CT molecular complexity index is 379. The summed E-state index contributed by atoms with van der Waals surface area (Å²) in [4.78, 5) is 3.32. The second kappa shape index (κ2) is 4.01. The van der Waals surface area contributed by atoms with Crippen molar-refractivity contribution in [2.45, 2.75) is 6.92 Å². The molecule has 0 saturated carbocycles. The van der Waals surface area contributed by atoms with E-state index in [1.165, 1.54) is 18.5 Å². The van der Waals surface area contributed by atoms with Gasteiger partial charge in [-0.1, -0.05) is 6.07 Å². The van der Waals surface area contributed by atoms with Crippen LogP contribution in [0.3, 0.4) is 0 Å². The number of nitrogens with two attached hydrogens (primary N) is 1. The van der Waals surface area contributed by atoms with Crippen LogP contribution in [-0.2, 0) is 0 Å². The molecule has 14 heavy (non-hydrogen) atoms. The molecule has 0 heterocycles. The van der Waals surface area contributed by atoms with Crippen molar-refractivity contribution < 1.29 is 14.0 Å². The van der Waals surface area contributed by atoms with Crippen molar-refractivity contribution in [3.63, 3.8) is 0 Å². The summed E-state index contributed by atoms with van der Waals surface area (Å²) >= 11 is 0. The standard InChI is InChI=1S/C8H9F2N3O/c1-4-2-3-5(9)7(6(4)10)12-8(11)13-14/h2-3,14H,1H3,(H3,11,12,13). The third kappa shape index (κ3) is 1.97. The highest BCUT2D eigenvalue weighted by atomic mass is 19.1. The van der Waals surface area contributed by atoms with E-state index in [9.17, 15) is 8.78 Å². The number of benzene rings is 1. The fraction of sp³-hybridized carbons (Fsp3) is 0.125. The summed E-state index contributed by atoms with van der Waals surface area (Å²) in [6.45, 7) is 1.47. The van der Waals surface area contributed by atoms with Crippen LogP contribution in [0, 0.1) is 18.6 Å². The molecule has 0 saturated heterocycles. The van der Waals surface area contributed by atoms with Gasteiger partial charge in [0.15, 0.2) is 11.6 Å². The summed E-state index contributed by atoms with van der Waals surface area (Å²) in [7, 11) is 0. The van der Waals surface area contributed by atoms with Gasteiger partial charge in [-0.25, -0.2) is 19.3 Å². The maximum Gasteiger partial charge on any atom is 0.218 e. The van der Waals surface area contributed by atoms with Crippen LogP contribution in [-0.4, -0.2) is 11.2 Å². The number of hydroxylamine groups is 1. The molecule has 0 aliphatic heterocycles. The number of hydrogen-bond acceptors (Lipinski definition) is 2. The second-order valence-electron chi connectivity index (χ2n) is 2.64. The van der Waals surface area contributed by atoms with Crippen LogP contribution in [0.2, 0.25) is 0 Å². The average molecular weight is 201 g/mol. The highest BCUT2D eigenvalue weighted by Crippen LogP contribution is 2.24. The Morgan fingerprint density at radius 2 is 2.14 bits per heavy atom. The van der Waals surface area contributed by atoms with E-state index in [-0.39, 0.29) is 5.56 Å². The maximum atomic E-state index is 13.2. The summed E-state index contributed by atoms with van der Waals surface area (Å²) in [5.41, 5.74) is 6.25. The van der Waals surface area contributed by atoms with Gasteiger partial charge in [0.2, 0.25) is 5.96 Å². The van der Waals surface area contributed by atoms with Gasteiger partial charge in [0.05, 0.1) is 0 Å². The van der Waals surface area contributed by atoms with Gasteiger partial charge in [0.1, 0.15) is 5.69 Å². The summed E-state index contributed by atoms with van der Waals surface area (Å²) < 4.78 is 26.3. The van der Waals surface area contributed by atoms with Crippen LogP contribution in [0.5, 0.6) is 0 Å². The molecule has 0 bridgehead atoms. The van der Waals surface area contributed by atoms with Crippen molar-refractivity contribution in [3.8, 4) is 0 Å². The van der Waals surface area contributed by atoms with Crippen LogP contribution in [0.4, 0.5) is 14.5 Å². The van der Waals surface area contributed by atoms with E-state index in [0.717, 1.165) is 6.07 Å². The number of nitrogens with zero attached hydrogens (tertiary/aromatic N) is 1.